The number of aliphatic hydroxyl groups excluding tert-OH is 1. The first kappa shape index (κ1) is 16.4. The molecule has 7 nitrogen and oxygen atoms in total. The van der Waals surface area contributed by atoms with Crippen molar-refractivity contribution in [2.45, 2.75) is 18.6 Å². The molecule has 4 rings (SSSR count). The zero-order valence-corrected chi connectivity index (χ0v) is 13.4. The summed E-state index contributed by atoms with van der Waals surface area (Å²) >= 11 is 0. The Morgan fingerprint density at radius 2 is 2.15 bits per heavy atom. The van der Waals surface area contributed by atoms with Crippen molar-refractivity contribution in [3.05, 3.63) is 59.7 Å². The van der Waals surface area contributed by atoms with Crippen molar-refractivity contribution in [1.82, 2.24) is 14.6 Å². The van der Waals surface area contributed by atoms with E-state index in [0.717, 1.165) is 6.20 Å². The van der Waals surface area contributed by atoms with E-state index >= 15 is 0 Å². The van der Waals surface area contributed by atoms with Crippen molar-refractivity contribution in [3.8, 4) is 0 Å². The summed E-state index contributed by atoms with van der Waals surface area (Å²) in [6.07, 6.45) is 0.938. The van der Waals surface area contributed by atoms with Gasteiger partial charge in [-0.3, -0.25) is 0 Å². The predicted molar refractivity (Wildman–Crippen MR) is 86.6 cm³/mol. The molecule has 1 aromatic carbocycles. The Bertz CT molecular complexity index is 978. The Morgan fingerprint density at radius 3 is 2.92 bits per heavy atom. The summed E-state index contributed by atoms with van der Waals surface area (Å²) in [5, 5.41) is 14.7. The summed E-state index contributed by atoms with van der Waals surface area (Å²) in [7, 11) is 0. The molecule has 0 radical (unpaired) electrons. The number of aliphatic hydroxyl groups is 1. The number of imidazole rings is 1. The van der Waals surface area contributed by atoms with Crippen molar-refractivity contribution in [3.63, 3.8) is 0 Å². The van der Waals surface area contributed by atoms with Crippen LogP contribution in [0.4, 0.5) is 14.7 Å². The second-order valence-electron chi connectivity index (χ2n) is 6.02. The maximum atomic E-state index is 13.6. The molecule has 2 unspecified atom stereocenters. The lowest BCUT2D eigenvalue weighted by molar-refractivity contribution is -0.0795. The highest BCUT2D eigenvalue weighted by Gasteiger charge is 2.35. The SMILES string of the molecule is O=C(OF)c1cnc2ccc(N3CCC(O)C3c3cccc(F)c3)nn12. The molecule has 1 aliphatic heterocycles. The van der Waals surface area contributed by atoms with Crippen LogP contribution in [0.2, 0.25) is 0 Å². The quantitative estimate of drug-likeness (QED) is 0.772. The van der Waals surface area contributed by atoms with E-state index < -0.39 is 23.9 Å². The van der Waals surface area contributed by atoms with Gasteiger partial charge in [0.25, 0.3) is 0 Å². The molecule has 3 aromatic rings. The van der Waals surface area contributed by atoms with Crippen molar-refractivity contribution in [2.75, 3.05) is 11.4 Å². The first-order valence-corrected chi connectivity index (χ1v) is 7.96. The maximum Gasteiger partial charge on any atom is 0.399 e. The number of carbonyl (C=O) groups is 1. The molecular formula is C17H14F2N4O3. The summed E-state index contributed by atoms with van der Waals surface area (Å²) in [6, 6.07) is 8.82. The van der Waals surface area contributed by atoms with Crippen molar-refractivity contribution in [2.24, 2.45) is 0 Å². The standard InChI is InChI=1S/C17H14F2N4O3/c18-11-3-1-2-10(8-11)16-13(24)6-7-22(16)15-5-4-14-20-9-12(17(25)26-19)23(14)21-15/h1-5,8-9,13,16,24H,6-7H2. The summed E-state index contributed by atoms with van der Waals surface area (Å²) in [4.78, 5) is 20.5. The van der Waals surface area contributed by atoms with Crippen LogP contribution in [-0.2, 0) is 4.94 Å². The number of hydrogen-bond donors (Lipinski definition) is 1. The van der Waals surface area contributed by atoms with Crippen molar-refractivity contribution in [1.29, 1.82) is 0 Å². The van der Waals surface area contributed by atoms with Gasteiger partial charge in [-0.1, -0.05) is 12.1 Å². The summed E-state index contributed by atoms with van der Waals surface area (Å²) in [6.45, 7) is 0.485. The van der Waals surface area contributed by atoms with Crippen molar-refractivity contribution >= 4 is 17.4 Å². The molecule has 1 saturated heterocycles. The van der Waals surface area contributed by atoms with Gasteiger partial charge in [-0.2, -0.15) is 0 Å². The molecule has 0 bridgehead atoms. The smallest absolute Gasteiger partial charge is 0.391 e. The number of halogens is 2. The number of fused-ring (bicyclic) bond motifs is 1. The van der Waals surface area contributed by atoms with E-state index in [0.29, 0.717) is 30.0 Å². The van der Waals surface area contributed by atoms with E-state index in [4.69, 9.17) is 0 Å². The van der Waals surface area contributed by atoms with Gasteiger partial charge in [-0.25, -0.2) is 23.6 Å². The van der Waals surface area contributed by atoms with Gasteiger partial charge in [0.15, 0.2) is 11.3 Å². The molecule has 0 aliphatic carbocycles. The van der Waals surface area contributed by atoms with Crippen LogP contribution in [0.3, 0.4) is 0 Å². The van der Waals surface area contributed by atoms with Gasteiger partial charge in [-0.05, 0) is 36.2 Å². The van der Waals surface area contributed by atoms with E-state index in [2.05, 4.69) is 15.0 Å². The number of rotatable bonds is 3. The van der Waals surface area contributed by atoms with Crippen LogP contribution >= 0.6 is 0 Å². The second-order valence-corrected chi connectivity index (χ2v) is 6.02. The van der Waals surface area contributed by atoms with Crippen LogP contribution in [0.1, 0.15) is 28.5 Å². The van der Waals surface area contributed by atoms with E-state index in [9.17, 15) is 18.8 Å². The lowest BCUT2D eigenvalue weighted by atomic mass is 10.0. The Labute approximate surface area is 146 Å². The molecule has 3 heterocycles. The zero-order valence-electron chi connectivity index (χ0n) is 13.4. The fraction of sp³-hybridized carbons (Fsp3) is 0.235. The lowest BCUT2D eigenvalue weighted by Crippen LogP contribution is -2.28. The number of aromatic nitrogens is 3. The Morgan fingerprint density at radius 1 is 1.31 bits per heavy atom. The maximum absolute atomic E-state index is 13.6. The first-order valence-electron chi connectivity index (χ1n) is 7.96. The normalized spacial score (nSPS) is 19.9. The fourth-order valence-corrected chi connectivity index (χ4v) is 3.32. The van der Waals surface area contributed by atoms with Crippen LogP contribution in [0.5, 0.6) is 0 Å². The zero-order chi connectivity index (χ0) is 18.3. The molecule has 1 N–H and O–H groups in total. The number of carbonyl (C=O) groups excluding carboxylic acids is 1. The summed E-state index contributed by atoms with van der Waals surface area (Å²) in [5.74, 6) is -1.16. The minimum absolute atomic E-state index is 0.161. The second kappa shape index (κ2) is 6.34. The molecule has 26 heavy (non-hydrogen) atoms. The van der Waals surface area contributed by atoms with Crippen LogP contribution in [0, 0.1) is 5.82 Å². The Balaban J connectivity index is 1.77. The van der Waals surface area contributed by atoms with Crippen LogP contribution < -0.4 is 4.90 Å². The minimum atomic E-state index is -1.20. The third-order valence-corrected chi connectivity index (χ3v) is 4.48. The van der Waals surface area contributed by atoms with E-state index in [-0.39, 0.29) is 5.69 Å². The molecule has 9 heteroatoms. The highest BCUT2D eigenvalue weighted by atomic mass is 19.3. The van der Waals surface area contributed by atoms with Gasteiger partial charge in [0, 0.05) is 11.1 Å². The molecule has 1 aliphatic rings. The Kier molecular flexibility index (Phi) is 4.00. The molecule has 0 amide bonds. The van der Waals surface area contributed by atoms with Gasteiger partial charge in [0.1, 0.15) is 11.6 Å². The highest BCUT2D eigenvalue weighted by Crippen LogP contribution is 2.35. The average molecular weight is 360 g/mol. The topological polar surface area (TPSA) is 80.0 Å². The number of nitrogens with zero attached hydrogens (tertiary/aromatic N) is 4. The lowest BCUT2D eigenvalue weighted by Gasteiger charge is -2.27. The first-order chi connectivity index (χ1) is 12.6. The monoisotopic (exact) mass is 360 g/mol. The number of hydrogen-bond acceptors (Lipinski definition) is 6. The molecule has 0 spiro atoms. The van der Waals surface area contributed by atoms with Crippen LogP contribution in [-0.4, -0.2) is 38.3 Å². The minimum Gasteiger partial charge on any atom is -0.391 e. The van der Waals surface area contributed by atoms with Crippen molar-refractivity contribution < 1.29 is 23.8 Å². The van der Waals surface area contributed by atoms with Crippen LogP contribution in [0.15, 0.2) is 42.6 Å². The van der Waals surface area contributed by atoms with E-state index in [1.807, 2.05) is 4.90 Å². The van der Waals surface area contributed by atoms with E-state index in [1.54, 1.807) is 24.3 Å². The average Bonchev–Trinajstić information content (AvgIpc) is 3.24. The molecule has 2 atom stereocenters. The summed E-state index contributed by atoms with van der Waals surface area (Å²) in [5.41, 5.74) is 0.800. The fourth-order valence-electron chi connectivity index (χ4n) is 3.32. The molecule has 2 aromatic heterocycles. The molecule has 1 fully saturated rings. The largest absolute Gasteiger partial charge is 0.399 e. The third-order valence-electron chi connectivity index (χ3n) is 4.48. The van der Waals surface area contributed by atoms with Crippen LogP contribution in [0.25, 0.3) is 5.65 Å². The third kappa shape index (κ3) is 2.66. The van der Waals surface area contributed by atoms with E-state index in [1.165, 1.54) is 16.6 Å². The number of anilines is 1. The Hall–Kier alpha value is -3.07. The molecule has 134 valence electrons. The van der Waals surface area contributed by atoms with Gasteiger partial charge in [-0.15, -0.1) is 5.10 Å². The summed E-state index contributed by atoms with van der Waals surface area (Å²) < 4.78 is 27.0. The molecular weight excluding hydrogens is 346 g/mol. The van der Waals surface area contributed by atoms with Gasteiger partial charge >= 0.3 is 5.97 Å². The number of benzene rings is 1. The molecule has 0 saturated carbocycles. The van der Waals surface area contributed by atoms with Gasteiger partial charge in [0.2, 0.25) is 0 Å². The predicted octanol–water partition coefficient (Wildman–Crippen LogP) is 2.22. The van der Waals surface area contributed by atoms with Gasteiger partial charge in [0.05, 0.1) is 18.3 Å². The van der Waals surface area contributed by atoms with Gasteiger partial charge < -0.3 is 10.0 Å². The highest BCUT2D eigenvalue weighted by molar-refractivity contribution is 5.87.